The van der Waals surface area contributed by atoms with Gasteiger partial charge in [-0.2, -0.15) is 0 Å². The Bertz CT molecular complexity index is 767. The quantitative estimate of drug-likeness (QED) is 0.846. The third-order valence-electron chi connectivity index (χ3n) is 3.80. The normalized spacial score (nSPS) is 10.1. The maximum Gasteiger partial charge on any atom is 0.255 e. The minimum atomic E-state index is -0.410. The van der Waals surface area contributed by atoms with Crippen LogP contribution in [-0.4, -0.2) is 32.6 Å². The van der Waals surface area contributed by atoms with Crippen LogP contribution in [0.3, 0.4) is 0 Å². The van der Waals surface area contributed by atoms with Crippen LogP contribution in [0.25, 0.3) is 0 Å². The fourth-order valence-corrected chi connectivity index (χ4v) is 2.52. The summed E-state index contributed by atoms with van der Waals surface area (Å²) >= 11 is 0. The maximum absolute atomic E-state index is 12.4. The first kappa shape index (κ1) is 18.3. The zero-order valence-electron chi connectivity index (χ0n) is 14.8. The summed E-state index contributed by atoms with van der Waals surface area (Å²) < 4.78 is 10.4. The van der Waals surface area contributed by atoms with E-state index in [4.69, 9.17) is 9.47 Å². The average Bonchev–Trinajstić information content (AvgIpc) is 2.62. The van der Waals surface area contributed by atoms with Crippen LogP contribution in [0.2, 0.25) is 0 Å². The standard InChI is InChI=1S/C19H22N2O4/c1-12-7-5-8-13(2)17(12)21-16(22)11-20-19(23)14-9-6-10-15(24-3)18(14)25-4/h5-10H,11H2,1-4H3,(H,20,23)(H,21,22). The molecular weight excluding hydrogens is 320 g/mol. The SMILES string of the molecule is COc1cccc(C(=O)NCC(=O)Nc2c(C)cccc2C)c1OC. The molecule has 0 unspecified atom stereocenters. The molecule has 0 heterocycles. The number of hydrogen-bond donors (Lipinski definition) is 2. The highest BCUT2D eigenvalue weighted by molar-refractivity contribution is 6.01. The molecule has 0 spiro atoms. The smallest absolute Gasteiger partial charge is 0.255 e. The van der Waals surface area contributed by atoms with Crippen LogP contribution >= 0.6 is 0 Å². The third kappa shape index (κ3) is 4.29. The molecule has 2 amide bonds. The number of benzene rings is 2. The molecule has 0 saturated heterocycles. The second kappa shape index (κ2) is 8.19. The molecule has 0 aliphatic carbocycles. The lowest BCUT2D eigenvalue weighted by Gasteiger charge is -2.14. The molecule has 25 heavy (non-hydrogen) atoms. The number of aryl methyl sites for hydroxylation is 2. The Labute approximate surface area is 147 Å². The molecule has 2 aromatic carbocycles. The van der Waals surface area contributed by atoms with Gasteiger partial charge in [0.15, 0.2) is 11.5 Å². The molecule has 0 aliphatic heterocycles. The van der Waals surface area contributed by atoms with Crippen molar-refractivity contribution in [2.75, 3.05) is 26.1 Å². The van der Waals surface area contributed by atoms with Crippen LogP contribution in [0, 0.1) is 13.8 Å². The molecule has 0 atom stereocenters. The molecule has 2 aromatic rings. The first-order valence-electron chi connectivity index (χ1n) is 7.83. The number of carbonyl (C=O) groups excluding carboxylic acids is 2. The molecule has 2 N–H and O–H groups in total. The van der Waals surface area contributed by atoms with Gasteiger partial charge in [0.25, 0.3) is 5.91 Å². The highest BCUT2D eigenvalue weighted by Crippen LogP contribution is 2.30. The van der Waals surface area contributed by atoms with Crippen molar-refractivity contribution < 1.29 is 19.1 Å². The Morgan fingerprint density at radius 3 is 2.20 bits per heavy atom. The molecule has 0 fully saturated rings. The number of rotatable bonds is 6. The van der Waals surface area contributed by atoms with Gasteiger partial charge in [0.2, 0.25) is 5.91 Å². The second-order valence-corrected chi connectivity index (χ2v) is 5.54. The third-order valence-corrected chi connectivity index (χ3v) is 3.80. The molecule has 2 rings (SSSR count). The Hall–Kier alpha value is -3.02. The monoisotopic (exact) mass is 342 g/mol. The van der Waals surface area contributed by atoms with Crippen LogP contribution in [0.5, 0.6) is 11.5 Å². The van der Waals surface area contributed by atoms with E-state index >= 15 is 0 Å². The molecule has 0 radical (unpaired) electrons. The predicted octanol–water partition coefficient (Wildman–Crippen LogP) is 2.69. The van der Waals surface area contributed by atoms with Crippen molar-refractivity contribution in [2.45, 2.75) is 13.8 Å². The van der Waals surface area contributed by atoms with Gasteiger partial charge in [-0.15, -0.1) is 0 Å². The van der Waals surface area contributed by atoms with Crippen LogP contribution in [0.4, 0.5) is 5.69 Å². The molecule has 0 bridgehead atoms. The summed E-state index contributed by atoms with van der Waals surface area (Å²) in [6.07, 6.45) is 0. The Kier molecular flexibility index (Phi) is 6.00. The average molecular weight is 342 g/mol. The van der Waals surface area contributed by atoms with Crippen molar-refractivity contribution >= 4 is 17.5 Å². The van der Waals surface area contributed by atoms with E-state index in [0.717, 1.165) is 16.8 Å². The van der Waals surface area contributed by atoms with E-state index in [0.29, 0.717) is 17.1 Å². The Morgan fingerprint density at radius 1 is 0.960 bits per heavy atom. The van der Waals surface area contributed by atoms with Gasteiger partial charge in [0.1, 0.15) is 0 Å². The molecule has 0 aromatic heterocycles. The fraction of sp³-hybridized carbons (Fsp3) is 0.263. The number of nitrogens with one attached hydrogen (secondary N) is 2. The summed E-state index contributed by atoms with van der Waals surface area (Å²) in [6.45, 7) is 3.69. The Balaban J connectivity index is 2.04. The van der Waals surface area contributed by atoms with Crippen molar-refractivity contribution in [1.29, 1.82) is 0 Å². The molecule has 0 aliphatic rings. The van der Waals surface area contributed by atoms with Gasteiger partial charge in [-0.1, -0.05) is 24.3 Å². The van der Waals surface area contributed by atoms with Gasteiger partial charge in [0.05, 0.1) is 26.3 Å². The van der Waals surface area contributed by atoms with Crippen molar-refractivity contribution in [3.05, 3.63) is 53.1 Å². The lowest BCUT2D eigenvalue weighted by molar-refractivity contribution is -0.115. The van der Waals surface area contributed by atoms with Crippen LogP contribution in [0.15, 0.2) is 36.4 Å². The predicted molar refractivity (Wildman–Crippen MR) is 96.4 cm³/mol. The molecule has 6 heteroatoms. The molecular formula is C19H22N2O4. The van der Waals surface area contributed by atoms with Crippen molar-refractivity contribution in [1.82, 2.24) is 5.32 Å². The van der Waals surface area contributed by atoms with E-state index in [1.54, 1.807) is 18.2 Å². The molecule has 6 nitrogen and oxygen atoms in total. The summed E-state index contributed by atoms with van der Waals surface area (Å²) in [5.41, 5.74) is 3.01. The number of hydrogen-bond acceptors (Lipinski definition) is 4. The number of carbonyl (C=O) groups is 2. The zero-order chi connectivity index (χ0) is 18.4. The van der Waals surface area contributed by atoms with Gasteiger partial charge in [-0.25, -0.2) is 0 Å². The van der Waals surface area contributed by atoms with E-state index in [-0.39, 0.29) is 12.5 Å². The van der Waals surface area contributed by atoms with Crippen LogP contribution in [0.1, 0.15) is 21.5 Å². The summed E-state index contributed by atoms with van der Waals surface area (Å²) in [6, 6.07) is 10.8. The van der Waals surface area contributed by atoms with Gasteiger partial charge >= 0.3 is 0 Å². The number of ether oxygens (including phenoxy) is 2. The minimum Gasteiger partial charge on any atom is -0.493 e. The summed E-state index contributed by atoms with van der Waals surface area (Å²) in [4.78, 5) is 24.5. The first-order chi connectivity index (χ1) is 12.0. The lowest BCUT2D eigenvalue weighted by atomic mass is 10.1. The highest BCUT2D eigenvalue weighted by atomic mass is 16.5. The second-order valence-electron chi connectivity index (χ2n) is 5.54. The number of amides is 2. The van der Waals surface area contributed by atoms with E-state index in [2.05, 4.69) is 10.6 Å². The van der Waals surface area contributed by atoms with Gasteiger partial charge in [-0.05, 0) is 37.1 Å². The first-order valence-corrected chi connectivity index (χ1v) is 7.83. The zero-order valence-corrected chi connectivity index (χ0v) is 14.8. The van der Waals surface area contributed by atoms with Gasteiger partial charge < -0.3 is 20.1 Å². The topological polar surface area (TPSA) is 76.7 Å². The van der Waals surface area contributed by atoms with Crippen LogP contribution < -0.4 is 20.1 Å². The van der Waals surface area contributed by atoms with Crippen molar-refractivity contribution in [3.63, 3.8) is 0 Å². The fourth-order valence-electron chi connectivity index (χ4n) is 2.52. The number of para-hydroxylation sites is 2. The Morgan fingerprint density at radius 2 is 1.60 bits per heavy atom. The van der Waals surface area contributed by atoms with E-state index in [1.807, 2.05) is 32.0 Å². The lowest BCUT2D eigenvalue weighted by Crippen LogP contribution is -2.33. The molecule has 0 saturated carbocycles. The number of methoxy groups -OCH3 is 2. The van der Waals surface area contributed by atoms with Crippen molar-refractivity contribution in [3.8, 4) is 11.5 Å². The van der Waals surface area contributed by atoms with E-state index in [1.165, 1.54) is 14.2 Å². The summed E-state index contributed by atoms with van der Waals surface area (Å²) in [7, 11) is 2.96. The van der Waals surface area contributed by atoms with Gasteiger partial charge in [0, 0.05) is 5.69 Å². The summed E-state index contributed by atoms with van der Waals surface area (Å²) in [5.74, 6) is 0.0767. The maximum atomic E-state index is 12.4. The highest BCUT2D eigenvalue weighted by Gasteiger charge is 2.17. The van der Waals surface area contributed by atoms with E-state index in [9.17, 15) is 9.59 Å². The van der Waals surface area contributed by atoms with E-state index < -0.39 is 5.91 Å². The van der Waals surface area contributed by atoms with Gasteiger partial charge in [-0.3, -0.25) is 9.59 Å². The number of anilines is 1. The largest absolute Gasteiger partial charge is 0.493 e. The van der Waals surface area contributed by atoms with Crippen molar-refractivity contribution in [2.24, 2.45) is 0 Å². The summed E-state index contributed by atoms with van der Waals surface area (Å²) in [5, 5.41) is 5.42. The van der Waals surface area contributed by atoms with Crippen LogP contribution in [-0.2, 0) is 4.79 Å². The molecule has 132 valence electrons. The minimum absolute atomic E-state index is 0.146.